The van der Waals surface area contributed by atoms with Crippen LogP contribution in [0.5, 0.6) is 5.75 Å². The van der Waals surface area contributed by atoms with E-state index in [2.05, 4.69) is 10.1 Å². The number of carbonyl (C=O) groups is 1. The van der Waals surface area contributed by atoms with Crippen LogP contribution in [0.4, 0.5) is 0 Å². The molecule has 0 amide bonds. The first-order valence-electron chi connectivity index (χ1n) is 6.77. The number of nitrogens with zero attached hydrogens (tertiary/aromatic N) is 3. The van der Waals surface area contributed by atoms with E-state index < -0.39 is 0 Å². The monoisotopic (exact) mass is 273 g/mol. The number of carbonyl (C=O) groups excluding carboxylic acids is 1. The highest BCUT2D eigenvalue weighted by Gasteiger charge is 2.13. The Labute approximate surface area is 118 Å². The van der Waals surface area contributed by atoms with E-state index >= 15 is 0 Å². The highest BCUT2D eigenvalue weighted by atomic mass is 16.5. The Balaban J connectivity index is 2.20. The number of rotatable bonds is 6. The lowest BCUT2D eigenvalue weighted by Gasteiger charge is -2.05. The molecule has 0 aliphatic carbocycles. The maximum absolute atomic E-state index is 12.3. The molecular formula is C15H19N3O2. The summed E-state index contributed by atoms with van der Waals surface area (Å²) < 4.78 is 6.83. The normalized spacial score (nSPS) is 10.6. The van der Waals surface area contributed by atoms with E-state index in [-0.39, 0.29) is 12.3 Å². The molecule has 5 nitrogen and oxygen atoms in total. The molecule has 106 valence electrons. The molecule has 1 aromatic heterocycles. The second-order valence-corrected chi connectivity index (χ2v) is 4.46. The van der Waals surface area contributed by atoms with Crippen molar-refractivity contribution in [1.82, 2.24) is 14.8 Å². The first-order valence-corrected chi connectivity index (χ1v) is 6.77. The molecule has 1 heterocycles. The maximum Gasteiger partial charge on any atom is 0.184 e. The van der Waals surface area contributed by atoms with Gasteiger partial charge in [-0.1, -0.05) is 26.0 Å². The number of aromatic nitrogens is 3. The minimum Gasteiger partial charge on any atom is -0.497 e. The summed E-state index contributed by atoms with van der Waals surface area (Å²) in [6.45, 7) is 4.22. The number of hydrogen-bond acceptors (Lipinski definition) is 4. The second kappa shape index (κ2) is 6.32. The van der Waals surface area contributed by atoms with Crippen LogP contribution in [0.1, 0.15) is 35.9 Å². The third kappa shape index (κ3) is 3.04. The summed E-state index contributed by atoms with van der Waals surface area (Å²) in [5.74, 6) is 2.31. The third-order valence-corrected chi connectivity index (χ3v) is 3.11. The number of Topliss-reactive ketones (excluding diaryl/α,β-unsaturated/α-hetero) is 1. The number of benzene rings is 1. The molecule has 0 radical (unpaired) electrons. The summed E-state index contributed by atoms with van der Waals surface area (Å²) >= 11 is 0. The summed E-state index contributed by atoms with van der Waals surface area (Å²) in [6.07, 6.45) is 1.53. The topological polar surface area (TPSA) is 57.0 Å². The van der Waals surface area contributed by atoms with E-state index in [0.29, 0.717) is 11.3 Å². The van der Waals surface area contributed by atoms with Gasteiger partial charge in [0.1, 0.15) is 18.1 Å². The molecule has 0 atom stereocenters. The van der Waals surface area contributed by atoms with Gasteiger partial charge in [-0.25, -0.2) is 9.67 Å². The number of ether oxygens (including phenoxy) is 1. The molecule has 0 N–H and O–H groups in total. The Bertz CT molecular complexity index is 605. The quantitative estimate of drug-likeness (QED) is 0.758. The summed E-state index contributed by atoms with van der Waals surface area (Å²) in [7, 11) is 1.59. The molecule has 0 bridgehead atoms. The van der Waals surface area contributed by atoms with Crippen molar-refractivity contribution < 1.29 is 9.53 Å². The molecule has 2 rings (SSSR count). The molecule has 0 saturated heterocycles. The van der Waals surface area contributed by atoms with Crippen molar-refractivity contribution in [2.75, 3.05) is 7.11 Å². The zero-order chi connectivity index (χ0) is 14.5. The van der Waals surface area contributed by atoms with Crippen molar-refractivity contribution in [3.63, 3.8) is 0 Å². The lowest BCUT2D eigenvalue weighted by molar-refractivity contribution is 0.0966. The van der Waals surface area contributed by atoms with Gasteiger partial charge in [-0.3, -0.25) is 4.79 Å². The Kier molecular flexibility index (Phi) is 4.50. The molecule has 0 fully saturated rings. The predicted octanol–water partition coefficient (Wildman–Crippen LogP) is 2.29. The zero-order valence-corrected chi connectivity index (χ0v) is 12.1. The molecule has 0 aliphatic heterocycles. The average Bonchev–Trinajstić information content (AvgIpc) is 2.89. The Morgan fingerprint density at radius 2 is 2.10 bits per heavy atom. The van der Waals surface area contributed by atoms with Gasteiger partial charge in [0.2, 0.25) is 0 Å². The van der Waals surface area contributed by atoms with E-state index in [4.69, 9.17) is 4.74 Å². The molecule has 0 saturated carbocycles. The minimum absolute atomic E-state index is 0.00570. The van der Waals surface area contributed by atoms with Crippen LogP contribution < -0.4 is 4.74 Å². The second-order valence-electron chi connectivity index (χ2n) is 4.46. The van der Waals surface area contributed by atoms with Gasteiger partial charge < -0.3 is 4.74 Å². The van der Waals surface area contributed by atoms with Crippen LogP contribution in [0.25, 0.3) is 0 Å². The summed E-state index contributed by atoms with van der Waals surface area (Å²) in [5.41, 5.74) is 0.625. The minimum atomic E-state index is 0.00570. The molecular weight excluding hydrogens is 254 g/mol. The van der Waals surface area contributed by atoms with Crippen molar-refractivity contribution in [2.45, 2.75) is 33.2 Å². The SMILES string of the molecule is CCc1nc(CC)n(CC(=O)c2cccc(OC)c2)n1. The van der Waals surface area contributed by atoms with Gasteiger partial charge in [-0.05, 0) is 12.1 Å². The standard InChI is InChI=1S/C15H19N3O2/c1-4-14-16-15(5-2)18(17-14)10-13(19)11-7-6-8-12(9-11)20-3/h6-9H,4-5,10H2,1-3H3. The van der Waals surface area contributed by atoms with Crippen molar-refractivity contribution in [3.05, 3.63) is 41.5 Å². The van der Waals surface area contributed by atoms with Gasteiger partial charge in [0.25, 0.3) is 0 Å². The summed E-state index contributed by atoms with van der Waals surface area (Å²) in [5, 5.41) is 4.36. The lowest BCUT2D eigenvalue weighted by Crippen LogP contribution is -2.14. The molecule has 5 heteroatoms. The maximum atomic E-state index is 12.3. The van der Waals surface area contributed by atoms with Crippen LogP contribution in [0, 0.1) is 0 Å². The van der Waals surface area contributed by atoms with E-state index in [9.17, 15) is 4.79 Å². The van der Waals surface area contributed by atoms with E-state index in [0.717, 1.165) is 24.5 Å². The molecule has 2 aromatic rings. The first kappa shape index (κ1) is 14.2. The molecule has 0 unspecified atom stereocenters. The smallest absolute Gasteiger partial charge is 0.184 e. The van der Waals surface area contributed by atoms with Crippen LogP contribution in [-0.2, 0) is 19.4 Å². The largest absolute Gasteiger partial charge is 0.497 e. The lowest BCUT2D eigenvalue weighted by atomic mass is 10.1. The van der Waals surface area contributed by atoms with Gasteiger partial charge in [0.15, 0.2) is 11.6 Å². The van der Waals surface area contributed by atoms with Crippen molar-refractivity contribution >= 4 is 5.78 Å². The highest BCUT2D eigenvalue weighted by Crippen LogP contribution is 2.14. The van der Waals surface area contributed by atoms with Crippen LogP contribution in [0.3, 0.4) is 0 Å². The van der Waals surface area contributed by atoms with Gasteiger partial charge in [-0.15, -0.1) is 0 Å². The van der Waals surface area contributed by atoms with Crippen LogP contribution in [-0.4, -0.2) is 27.7 Å². The Hall–Kier alpha value is -2.17. The van der Waals surface area contributed by atoms with Crippen LogP contribution >= 0.6 is 0 Å². The van der Waals surface area contributed by atoms with Gasteiger partial charge in [0, 0.05) is 18.4 Å². The fourth-order valence-electron chi connectivity index (χ4n) is 1.99. The van der Waals surface area contributed by atoms with Crippen LogP contribution in [0.15, 0.2) is 24.3 Å². The third-order valence-electron chi connectivity index (χ3n) is 3.11. The van der Waals surface area contributed by atoms with Crippen molar-refractivity contribution in [1.29, 1.82) is 0 Å². The molecule has 0 spiro atoms. The van der Waals surface area contributed by atoms with Gasteiger partial charge in [-0.2, -0.15) is 5.10 Å². The van der Waals surface area contributed by atoms with Crippen molar-refractivity contribution in [3.8, 4) is 5.75 Å². The zero-order valence-electron chi connectivity index (χ0n) is 12.1. The van der Waals surface area contributed by atoms with Gasteiger partial charge >= 0.3 is 0 Å². The molecule has 20 heavy (non-hydrogen) atoms. The van der Waals surface area contributed by atoms with E-state index in [1.165, 1.54) is 0 Å². The van der Waals surface area contributed by atoms with E-state index in [1.807, 2.05) is 26.0 Å². The Morgan fingerprint density at radius 3 is 2.75 bits per heavy atom. The number of hydrogen-bond donors (Lipinski definition) is 0. The van der Waals surface area contributed by atoms with Crippen molar-refractivity contribution in [2.24, 2.45) is 0 Å². The number of methoxy groups -OCH3 is 1. The molecule has 1 aromatic carbocycles. The van der Waals surface area contributed by atoms with E-state index in [1.54, 1.807) is 23.9 Å². The fraction of sp³-hybridized carbons (Fsp3) is 0.400. The van der Waals surface area contributed by atoms with Gasteiger partial charge in [0.05, 0.1) is 7.11 Å². The predicted molar refractivity (Wildman–Crippen MR) is 76.1 cm³/mol. The summed E-state index contributed by atoms with van der Waals surface area (Å²) in [4.78, 5) is 16.7. The average molecular weight is 273 g/mol. The summed E-state index contributed by atoms with van der Waals surface area (Å²) in [6, 6.07) is 7.16. The van der Waals surface area contributed by atoms with Crippen LogP contribution in [0.2, 0.25) is 0 Å². The first-order chi connectivity index (χ1) is 9.67. The Morgan fingerprint density at radius 1 is 1.30 bits per heavy atom. The number of ketones is 1. The molecule has 0 aliphatic rings. The number of aryl methyl sites for hydroxylation is 2. The highest BCUT2D eigenvalue weighted by molar-refractivity contribution is 5.96. The fourth-order valence-corrected chi connectivity index (χ4v) is 1.99.